The predicted octanol–water partition coefficient (Wildman–Crippen LogP) is 5.85. The molecule has 1 aliphatic rings. The number of nitrogens with zero attached hydrogens (tertiary/aromatic N) is 2. The summed E-state index contributed by atoms with van der Waals surface area (Å²) in [5, 5.41) is 0.945. The van der Waals surface area contributed by atoms with E-state index < -0.39 is 5.60 Å². The number of pyridine rings is 1. The zero-order chi connectivity index (χ0) is 25.3. The number of carbonyl (C=O) groups excluding carboxylic acids is 1. The third-order valence-corrected chi connectivity index (χ3v) is 6.11. The topological polar surface area (TPSA) is 73.9 Å². The van der Waals surface area contributed by atoms with Gasteiger partial charge >= 0.3 is 6.09 Å². The van der Waals surface area contributed by atoms with Crippen molar-refractivity contribution in [3.63, 3.8) is 0 Å². The van der Waals surface area contributed by atoms with Crippen LogP contribution in [-0.2, 0) is 24.3 Å². The summed E-state index contributed by atoms with van der Waals surface area (Å²) < 4.78 is 19.1. The SMILES string of the molecule is CC(C)(C)OC(=O)N1CCCc2oc3cc(-n4ccc(OCc5ccccc5)cc4=O)ccc3c2C1. The van der Waals surface area contributed by atoms with Crippen molar-refractivity contribution < 1.29 is 18.7 Å². The predicted molar refractivity (Wildman–Crippen MR) is 138 cm³/mol. The van der Waals surface area contributed by atoms with Crippen LogP contribution in [0.15, 0.2) is 76.1 Å². The van der Waals surface area contributed by atoms with Crippen LogP contribution < -0.4 is 10.3 Å². The van der Waals surface area contributed by atoms with Crippen LogP contribution in [-0.4, -0.2) is 27.7 Å². The molecule has 0 spiro atoms. The van der Waals surface area contributed by atoms with E-state index in [9.17, 15) is 9.59 Å². The summed E-state index contributed by atoms with van der Waals surface area (Å²) in [5.74, 6) is 1.40. The number of aromatic nitrogens is 1. The molecule has 0 bridgehead atoms. The second-order valence-electron chi connectivity index (χ2n) is 10.0. The molecule has 1 amide bonds. The summed E-state index contributed by atoms with van der Waals surface area (Å²) in [4.78, 5) is 27.3. The molecule has 3 heterocycles. The lowest BCUT2D eigenvalue weighted by Crippen LogP contribution is -2.36. The van der Waals surface area contributed by atoms with Crippen LogP contribution in [0.1, 0.15) is 44.1 Å². The van der Waals surface area contributed by atoms with E-state index in [1.165, 1.54) is 6.07 Å². The molecule has 36 heavy (non-hydrogen) atoms. The van der Waals surface area contributed by atoms with Crippen molar-refractivity contribution in [3.05, 3.63) is 94.1 Å². The fraction of sp³-hybridized carbons (Fsp3) is 0.310. The highest BCUT2D eigenvalue weighted by Crippen LogP contribution is 2.32. The largest absolute Gasteiger partial charge is 0.489 e. The Bertz CT molecular complexity index is 1450. The molecule has 7 nitrogen and oxygen atoms in total. The molecule has 0 unspecified atom stereocenters. The molecule has 0 saturated carbocycles. The number of ether oxygens (including phenoxy) is 2. The summed E-state index contributed by atoms with van der Waals surface area (Å²) in [6, 6.07) is 18.8. The lowest BCUT2D eigenvalue weighted by Gasteiger charge is -2.26. The number of hydrogen-bond acceptors (Lipinski definition) is 5. The highest BCUT2D eigenvalue weighted by molar-refractivity contribution is 5.84. The minimum Gasteiger partial charge on any atom is -0.489 e. The van der Waals surface area contributed by atoms with Crippen LogP contribution >= 0.6 is 0 Å². The average Bonchev–Trinajstić information content (AvgIpc) is 3.03. The standard InChI is InChI=1S/C29H30N2O5/c1-29(2,3)36-28(33)30-14-7-10-25-24(18-30)23-12-11-21(16-26(23)35-25)31-15-13-22(17-27(31)32)34-19-20-8-5-4-6-9-20/h4-6,8-9,11-13,15-17H,7,10,14,18-19H2,1-3H3. The quantitative estimate of drug-likeness (QED) is 0.362. The lowest BCUT2D eigenvalue weighted by molar-refractivity contribution is 0.0237. The zero-order valence-electron chi connectivity index (χ0n) is 20.8. The highest BCUT2D eigenvalue weighted by atomic mass is 16.6. The van der Waals surface area contributed by atoms with Crippen molar-refractivity contribution in [1.82, 2.24) is 9.47 Å². The van der Waals surface area contributed by atoms with Crippen molar-refractivity contribution in [2.24, 2.45) is 0 Å². The van der Waals surface area contributed by atoms with Gasteiger partial charge in [0, 0.05) is 42.2 Å². The average molecular weight is 487 g/mol. The molecular formula is C29H30N2O5. The van der Waals surface area contributed by atoms with Crippen molar-refractivity contribution in [3.8, 4) is 11.4 Å². The fourth-order valence-electron chi connectivity index (χ4n) is 4.40. The van der Waals surface area contributed by atoms with Gasteiger partial charge in [0.05, 0.1) is 12.2 Å². The molecule has 1 aliphatic heterocycles. The van der Waals surface area contributed by atoms with E-state index >= 15 is 0 Å². The molecule has 0 N–H and O–H groups in total. The molecule has 0 fully saturated rings. The van der Waals surface area contributed by atoms with E-state index in [1.807, 2.05) is 69.3 Å². The van der Waals surface area contributed by atoms with E-state index in [1.54, 1.807) is 21.7 Å². The summed E-state index contributed by atoms with van der Waals surface area (Å²) in [5.41, 5.74) is 2.69. The first kappa shape index (κ1) is 23.7. The summed E-state index contributed by atoms with van der Waals surface area (Å²) >= 11 is 0. The summed E-state index contributed by atoms with van der Waals surface area (Å²) in [7, 11) is 0. The maximum absolute atomic E-state index is 12.9. The first-order chi connectivity index (χ1) is 17.3. The number of carbonyl (C=O) groups is 1. The smallest absolute Gasteiger partial charge is 0.410 e. The third kappa shape index (κ3) is 5.15. The van der Waals surface area contributed by atoms with Crippen molar-refractivity contribution in [2.75, 3.05) is 6.54 Å². The Balaban J connectivity index is 1.37. The number of hydrogen-bond donors (Lipinski definition) is 0. The van der Waals surface area contributed by atoms with E-state index in [0.29, 0.717) is 36.7 Å². The van der Waals surface area contributed by atoms with Crippen molar-refractivity contribution in [2.45, 2.75) is 52.4 Å². The van der Waals surface area contributed by atoms with Gasteiger partial charge in [-0.2, -0.15) is 0 Å². The van der Waals surface area contributed by atoms with Gasteiger partial charge in [-0.3, -0.25) is 9.36 Å². The van der Waals surface area contributed by atoms with Crippen molar-refractivity contribution >= 4 is 17.1 Å². The molecule has 0 saturated heterocycles. The van der Waals surface area contributed by atoms with Gasteiger partial charge in [-0.15, -0.1) is 0 Å². The molecule has 7 heteroatoms. The summed E-state index contributed by atoms with van der Waals surface area (Å²) in [6.45, 7) is 7.05. The first-order valence-corrected chi connectivity index (χ1v) is 12.2. The first-order valence-electron chi connectivity index (χ1n) is 12.2. The van der Waals surface area contributed by atoms with Gasteiger partial charge in [-0.05, 0) is 51.0 Å². The Labute approximate surface area is 209 Å². The van der Waals surface area contributed by atoms with Gasteiger partial charge in [0.25, 0.3) is 5.56 Å². The molecule has 186 valence electrons. The number of furan rings is 1. The Hall–Kier alpha value is -4.00. The Morgan fingerprint density at radius 1 is 1.06 bits per heavy atom. The molecule has 0 aliphatic carbocycles. The van der Waals surface area contributed by atoms with Gasteiger partial charge in [0.1, 0.15) is 29.3 Å². The number of fused-ring (bicyclic) bond motifs is 3. The summed E-state index contributed by atoms with van der Waals surface area (Å²) in [6.07, 6.45) is 2.93. The molecule has 2 aromatic carbocycles. The van der Waals surface area contributed by atoms with E-state index in [4.69, 9.17) is 13.9 Å². The number of aryl methyl sites for hydroxylation is 1. The van der Waals surface area contributed by atoms with Gasteiger partial charge in [-0.1, -0.05) is 30.3 Å². The van der Waals surface area contributed by atoms with Gasteiger partial charge in [-0.25, -0.2) is 4.79 Å². The van der Waals surface area contributed by atoms with Crippen LogP contribution in [0.3, 0.4) is 0 Å². The molecule has 5 rings (SSSR count). The lowest BCUT2D eigenvalue weighted by atomic mass is 10.1. The molecule has 2 aromatic heterocycles. The number of rotatable bonds is 4. The molecule has 4 aromatic rings. The highest BCUT2D eigenvalue weighted by Gasteiger charge is 2.27. The van der Waals surface area contributed by atoms with Crippen LogP contribution in [0, 0.1) is 0 Å². The number of benzene rings is 2. The van der Waals surface area contributed by atoms with E-state index in [2.05, 4.69) is 0 Å². The molecule has 0 atom stereocenters. The monoisotopic (exact) mass is 486 g/mol. The molecular weight excluding hydrogens is 456 g/mol. The van der Waals surface area contributed by atoms with Gasteiger partial charge in [0.15, 0.2) is 0 Å². The van der Waals surface area contributed by atoms with Crippen molar-refractivity contribution in [1.29, 1.82) is 0 Å². The normalized spacial score (nSPS) is 13.8. The third-order valence-electron chi connectivity index (χ3n) is 6.11. The zero-order valence-corrected chi connectivity index (χ0v) is 20.8. The molecule has 0 radical (unpaired) electrons. The van der Waals surface area contributed by atoms with Crippen LogP contribution in [0.5, 0.6) is 5.75 Å². The van der Waals surface area contributed by atoms with Crippen LogP contribution in [0.25, 0.3) is 16.7 Å². The Kier molecular flexibility index (Phi) is 6.31. The van der Waals surface area contributed by atoms with Gasteiger partial charge in [0.2, 0.25) is 0 Å². The second kappa shape index (κ2) is 9.57. The minimum absolute atomic E-state index is 0.191. The van der Waals surface area contributed by atoms with E-state index in [-0.39, 0.29) is 11.7 Å². The Morgan fingerprint density at radius 2 is 1.86 bits per heavy atom. The minimum atomic E-state index is -0.547. The fourth-order valence-corrected chi connectivity index (χ4v) is 4.40. The van der Waals surface area contributed by atoms with Crippen LogP contribution in [0.2, 0.25) is 0 Å². The van der Waals surface area contributed by atoms with Gasteiger partial charge < -0.3 is 18.8 Å². The second-order valence-corrected chi connectivity index (χ2v) is 10.0. The number of amides is 1. The van der Waals surface area contributed by atoms with Crippen LogP contribution in [0.4, 0.5) is 4.79 Å². The Morgan fingerprint density at radius 3 is 2.61 bits per heavy atom. The van der Waals surface area contributed by atoms with E-state index in [0.717, 1.165) is 35.1 Å². The maximum atomic E-state index is 12.9. The maximum Gasteiger partial charge on any atom is 0.410 e.